The van der Waals surface area contributed by atoms with Crippen LogP contribution < -0.4 is 0 Å². The second kappa shape index (κ2) is 6.73. The highest BCUT2D eigenvalue weighted by molar-refractivity contribution is 6.04. The van der Waals surface area contributed by atoms with E-state index < -0.39 is 35.5 Å². The summed E-state index contributed by atoms with van der Waals surface area (Å²) in [5.74, 6) is -3.41. The topological polar surface area (TPSA) is 72.5 Å². The standard InChI is InChI=1S/C23H26O7/c1-21(2)26-13-23(30-21)19(18-17(12-25-23)28-22(3,4)29-18)27-20(24)16-11-7-9-14-8-5-6-10-15(14)16/h5-11,17-19H,12-13H2,1-4H3/t17-,18-,19+,23+/m1/s1. The molecule has 2 aromatic carbocycles. The molecule has 7 heteroatoms. The lowest BCUT2D eigenvalue weighted by Crippen LogP contribution is -2.63. The molecule has 3 heterocycles. The molecule has 1 spiro atoms. The van der Waals surface area contributed by atoms with Crippen LogP contribution in [0.15, 0.2) is 42.5 Å². The molecule has 7 nitrogen and oxygen atoms in total. The number of fused-ring (bicyclic) bond motifs is 2. The van der Waals surface area contributed by atoms with Gasteiger partial charge >= 0.3 is 5.97 Å². The molecule has 0 radical (unpaired) electrons. The summed E-state index contributed by atoms with van der Waals surface area (Å²) >= 11 is 0. The normalized spacial score (nSPS) is 34.2. The van der Waals surface area contributed by atoms with E-state index in [0.29, 0.717) is 5.56 Å². The molecule has 2 aromatic rings. The molecular formula is C23H26O7. The largest absolute Gasteiger partial charge is 0.450 e. The molecule has 0 bridgehead atoms. The highest BCUT2D eigenvalue weighted by Crippen LogP contribution is 2.45. The SMILES string of the molecule is CC1(C)O[C@@H]2[C@@H](CO[C@]3(COC(C)(C)O3)[C@H]2OC(=O)c2cccc3ccccc23)O1. The minimum atomic E-state index is -1.26. The first-order chi connectivity index (χ1) is 14.2. The van der Waals surface area contributed by atoms with Crippen molar-refractivity contribution in [3.05, 3.63) is 48.0 Å². The summed E-state index contributed by atoms with van der Waals surface area (Å²) in [6, 6.07) is 13.2. The molecule has 4 atom stereocenters. The third-order valence-corrected chi connectivity index (χ3v) is 5.73. The predicted molar refractivity (Wildman–Crippen MR) is 107 cm³/mol. The van der Waals surface area contributed by atoms with E-state index in [-0.39, 0.29) is 19.3 Å². The van der Waals surface area contributed by atoms with Crippen LogP contribution in [0.3, 0.4) is 0 Å². The van der Waals surface area contributed by atoms with Crippen LogP contribution >= 0.6 is 0 Å². The van der Waals surface area contributed by atoms with Crippen LogP contribution in [0.5, 0.6) is 0 Å². The van der Waals surface area contributed by atoms with Gasteiger partial charge in [-0.1, -0.05) is 36.4 Å². The van der Waals surface area contributed by atoms with Gasteiger partial charge in [-0.2, -0.15) is 0 Å². The van der Waals surface area contributed by atoms with Crippen molar-refractivity contribution >= 4 is 16.7 Å². The van der Waals surface area contributed by atoms with Crippen LogP contribution in [0, 0.1) is 0 Å². The molecule has 0 aromatic heterocycles. The number of ether oxygens (including phenoxy) is 6. The van der Waals surface area contributed by atoms with Crippen molar-refractivity contribution in [1.82, 2.24) is 0 Å². The molecule has 0 N–H and O–H groups in total. The van der Waals surface area contributed by atoms with E-state index in [1.165, 1.54) is 0 Å². The summed E-state index contributed by atoms with van der Waals surface area (Å²) < 4.78 is 36.1. The second-order valence-electron chi connectivity index (χ2n) is 8.90. The third-order valence-electron chi connectivity index (χ3n) is 5.73. The first-order valence-corrected chi connectivity index (χ1v) is 10.2. The number of hydrogen-bond acceptors (Lipinski definition) is 7. The van der Waals surface area contributed by atoms with Gasteiger partial charge in [-0.05, 0) is 44.5 Å². The molecule has 3 aliphatic rings. The van der Waals surface area contributed by atoms with Gasteiger partial charge in [-0.25, -0.2) is 4.79 Å². The zero-order valence-electron chi connectivity index (χ0n) is 17.5. The van der Waals surface area contributed by atoms with E-state index in [1.54, 1.807) is 19.9 Å². The van der Waals surface area contributed by atoms with E-state index in [1.807, 2.05) is 50.2 Å². The number of esters is 1. The summed E-state index contributed by atoms with van der Waals surface area (Å²) in [4.78, 5) is 13.3. The Labute approximate surface area is 175 Å². The van der Waals surface area contributed by atoms with Crippen molar-refractivity contribution < 1.29 is 33.2 Å². The summed E-state index contributed by atoms with van der Waals surface area (Å²) in [6.07, 6.45) is -1.76. The first-order valence-electron chi connectivity index (χ1n) is 10.2. The van der Waals surface area contributed by atoms with Gasteiger partial charge in [-0.3, -0.25) is 0 Å². The molecule has 30 heavy (non-hydrogen) atoms. The second-order valence-corrected chi connectivity index (χ2v) is 8.90. The van der Waals surface area contributed by atoms with Crippen molar-refractivity contribution in [2.75, 3.05) is 13.2 Å². The highest BCUT2D eigenvalue weighted by Gasteiger charge is 2.64. The van der Waals surface area contributed by atoms with Crippen LogP contribution in [-0.4, -0.2) is 54.9 Å². The Balaban J connectivity index is 1.50. The molecular weight excluding hydrogens is 388 g/mol. The van der Waals surface area contributed by atoms with Crippen molar-refractivity contribution in [1.29, 1.82) is 0 Å². The average Bonchev–Trinajstić information content (AvgIpc) is 3.19. The van der Waals surface area contributed by atoms with Crippen molar-refractivity contribution in [2.45, 2.75) is 63.4 Å². The number of rotatable bonds is 2. The number of carbonyl (C=O) groups excluding carboxylic acids is 1. The predicted octanol–water partition coefficient (Wildman–Crippen LogP) is 3.39. The molecule has 0 saturated carbocycles. The van der Waals surface area contributed by atoms with E-state index in [2.05, 4.69) is 0 Å². The van der Waals surface area contributed by atoms with Gasteiger partial charge < -0.3 is 28.4 Å². The van der Waals surface area contributed by atoms with Gasteiger partial charge in [0.05, 0.1) is 12.2 Å². The Morgan fingerprint density at radius 2 is 1.73 bits per heavy atom. The lowest BCUT2D eigenvalue weighted by Gasteiger charge is -2.43. The molecule has 160 valence electrons. The fraction of sp³-hybridized carbons (Fsp3) is 0.522. The molecule has 3 saturated heterocycles. The number of hydrogen-bond donors (Lipinski definition) is 0. The lowest BCUT2D eigenvalue weighted by atomic mass is 9.96. The van der Waals surface area contributed by atoms with Crippen LogP contribution in [0.1, 0.15) is 38.1 Å². The Morgan fingerprint density at radius 1 is 0.967 bits per heavy atom. The van der Waals surface area contributed by atoms with Gasteiger partial charge in [0, 0.05) is 0 Å². The first kappa shape index (κ1) is 19.9. The molecule has 0 unspecified atom stereocenters. The zero-order chi connectivity index (χ0) is 21.1. The number of benzene rings is 2. The molecule has 0 aliphatic carbocycles. The van der Waals surface area contributed by atoms with E-state index in [4.69, 9.17) is 28.4 Å². The van der Waals surface area contributed by atoms with E-state index >= 15 is 0 Å². The van der Waals surface area contributed by atoms with Gasteiger partial charge in [-0.15, -0.1) is 0 Å². The lowest BCUT2D eigenvalue weighted by molar-refractivity contribution is -0.325. The van der Waals surface area contributed by atoms with Crippen molar-refractivity contribution in [2.24, 2.45) is 0 Å². The Kier molecular flexibility index (Phi) is 4.47. The maximum Gasteiger partial charge on any atom is 0.339 e. The van der Waals surface area contributed by atoms with E-state index in [9.17, 15) is 4.79 Å². The van der Waals surface area contributed by atoms with Gasteiger partial charge in [0.1, 0.15) is 18.8 Å². The minimum Gasteiger partial charge on any atom is -0.450 e. The fourth-order valence-electron chi connectivity index (χ4n) is 4.50. The third kappa shape index (κ3) is 3.31. The van der Waals surface area contributed by atoms with Crippen LogP contribution in [0.2, 0.25) is 0 Å². The summed E-state index contributed by atoms with van der Waals surface area (Å²) in [6.45, 7) is 7.65. The Bertz CT molecular complexity index is 977. The van der Waals surface area contributed by atoms with E-state index in [0.717, 1.165) is 10.8 Å². The van der Waals surface area contributed by atoms with Crippen LogP contribution in [0.25, 0.3) is 10.8 Å². The van der Waals surface area contributed by atoms with Gasteiger partial charge in [0.15, 0.2) is 17.7 Å². The summed E-state index contributed by atoms with van der Waals surface area (Å²) in [5.41, 5.74) is 0.474. The maximum atomic E-state index is 13.3. The Morgan fingerprint density at radius 3 is 2.50 bits per heavy atom. The average molecular weight is 414 g/mol. The zero-order valence-corrected chi connectivity index (χ0v) is 17.5. The summed E-state index contributed by atoms with van der Waals surface area (Å²) in [7, 11) is 0. The summed E-state index contributed by atoms with van der Waals surface area (Å²) in [5, 5.41) is 1.78. The number of carbonyl (C=O) groups is 1. The molecule has 3 fully saturated rings. The molecule has 0 amide bonds. The fourth-order valence-corrected chi connectivity index (χ4v) is 4.50. The van der Waals surface area contributed by atoms with Gasteiger partial charge in [0.2, 0.25) is 5.79 Å². The molecule has 5 rings (SSSR count). The quantitative estimate of drug-likeness (QED) is 0.698. The molecule has 3 aliphatic heterocycles. The minimum absolute atomic E-state index is 0.125. The van der Waals surface area contributed by atoms with Crippen LogP contribution in [0.4, 0.5) is 0 Å². The Hall–Kier alpha value is -2.03. The smallest absolute Gasteiger partial charge is 0.339 e. The van der Waals surface area contributed by atoms with Crippen LogP contribution in [-0.2, 0) is 28.4 Å². The van der Waals surface area contributed by atoms with Crippen molar-refractivity contribution in [3.63, 3.8) is 0 Å². The van der Waals surface area contributed by atoms with Crippen molar-refractivity contribution in [3.8, 4) is 0 Å². The monoisotopic (exact) mass is 414 g/mol. The highest BCUT2D eigenvalue weighted by atomic mass is 16.9. The van der Waals surface area contributed by atoms with Gasteiger partial charge in [0.25, 0.3) is 0 Å². The maximum absolute atomic E-state index is 13.3.